The Kier molecular flexibility index (Phi) is 3.26. The number of nitrogens with zero attached hydrogens (tertiary/aromatic N) is 3. The van der Waals surface area contributed by atoms with Gasteiger partial charge >= 0.3 is 0 Å². The average Bonchev–Trinajstić information content (AvgIpc) is 2.93. The number of hydrogen-bond acceptors (Lipinski definition) is 3. The smallest absolute Gasteiger partial charge is 0.276 e. The summed E-state index contributed by atoms with van der Waals surface area (Å²) in [5, 5.41) is 3.95. The summed E-state index contributed by atoms with van der Waals surface area (Å²) in [5.74, 6) is -1.16. The molecule has 2 N–H and O–H groups in total. The Morgan fingerprint density at radius 2 is 2.05 bits per heavy atom. The third-order valence-electron chi connectivity index (χ3n) is 3.29. The lowest BCUT2D eigenvalue weighted by atomic mass is 10.1. The normalized spacial score (nSPS) is 12.7. The molecule has 0 spiro atoms. The molecule has 0 saturated carbocycles. The number of aromatic nitrogens is 3. The summed E-state index contributed by atoms with van der Waals surface area (Å²) in [6.07, 6.45) is 4.62. The standard InChI is InChI=1S/C14H12F2N4O/c15-9-1-2-11(16)10(7-9)12(17)8-19-5-6-20-13(14(19)21)3-4-18-20/h1-7,12H,8,17H2. The van der Waals surface area contributed by atoms with Gasteiger partial charge in [-0.25, -0.2) is 13.3 Å². The van der Waals surface area contributed by atoms with Gasteiger partial charge in [-0.3, -0.25) is 4.79 Å². The van der Waals surface area contributed by atoms with Crippen molar-refractivity contribution in [1.29, 1.82) is 0 Å². The van der Waals surface area contributed by atoms with E-state index < -0.39 is 17.7 Å². The van der Waals surface area contributed by atoms with E-state index in [1.54, 1.807) is 12.3 Å². The number of halogens is 2. The molecule has 1 atom stereocenters. The van der Waals surface area contributed by atoms with Crippen LogP contribution in [0.1, 0.15) is 11.6 Å². The predicted molar refractivity (Wildman–Crippen MR) is 72.7 cm³/mol. The molecule has 3 rings (SSSR count). The number of nitrogens with two attached hydrogens (primary N) is 1. The number of hydrogen-bond donors (Lipinski definition) is 1. The SMILES string of the molecule is NC(Cn1ccn2nccc2c1=O)c1cc(F)ccc1F. The zero-order chi connectivity index (χ0) is 15.0. The van der Waals surface area contributed by atoms with Crippen molar-refractivity contribution in [3.63, 3.8) is 0 Å². The van der Waals surface area contributed by atoms with Crippen molar-refractivity contribution in [3.8, 4) is 0 Å². The first-order valence-electron chi connectivity index (χ1n) is 6.29. The fourth-order valence-corrected chi connectivity index (χ4v) is 2.21. The highest BCUT2D eigenvalue weighted by Gasteiger charge is 2.14. The highest BCUT2D eigenvalue weighted by atomic mass is 19.1. The number of fused-ring (bicyclic) bond motifs is 1. The summed E-state index contributed by atoms with van der Waals surface area (Å²) in [5.41, 5.74) is 6.04. The van der Waals surface area contributed by atoms with Gasteiger partial charge in [-0.1, -0.05) is 0 Å². The number of benzene rings is 1. The molecule has 0 amide bonds. The molecule has 1 aromatic carbocycles. The molecule has 0 aliphatic rings. The first kappa shape index (κ1) is 13.4. The van der Waals surface area contributed by atoms with E-state index in [0.717, 1.165) is 18.2 Å². The molecule has 0 bridgehead atoms. The molecule has 0 aliphatic heterocycles. The second-order valence-electron chi connectivity index (χ2n) is 4.69. The van der Waals surface area contributed by atoms with Gasteiger partial charge in [-0.2, -0.15) is 5.10 Å². The Balaban J connectivity index is 1.96. The zero-order valence-electron chi connectivity index (χ0n) is 10.9. The van der Waals surface area contributed by atoms with Crippen LogP contribution in [0.15, 0.2) is 47.7 Å². The van der Waals surface area contributed by atoms with E-state index in [2.05, 4.69) is 5.10 Å². The maximum absolute atomic E-state index is 13.7. The van der Waals surface area contributed by atoms with Gasteiger partial charge in [-0.05, 0) is 24.3 Å². The van der Waals surface area contributed by atoms with Crippen LogP contribution < -0.4 is 11.3 Å². The third kappa shape index (κ3) is 2.43. The molecule has 2 heterocycles. The fraction of sp³-hybridized carbons (Fsp3) is 0.143. The molecule has 5 nitrogen and oxygen atoms in total. The minimum atomic E-state index is -0.830. The molecule has 0 aliphatic carbocycles. The Morgan fingerprint density at radius 1 is 1.24 bits per heavy atom. The van der Waals surface area contributed by atoms with Gasteiger partial charge in [0.1, 0.15) is 17.2 Å². The van der Waals surface area contributed by atoms with E-state index in [1.807, 2.05) is 0 Å². The van der Waals surface area contributed by atoms with Crippen LogP contribution >= 0.6 is 0 Å². The third-order valence-corrected chi connectivity index (χ3v) is 3.29. The van der Waals surface area contributed by atoms with E-state index in [-0.39, 0.29) is 17.7 Å². The summed E-state index contributed by atoms with van der Waals surface area (Å²) in [4.78, 5) is 12.2. The van der Waals surface area contributed by atoms with Crippen molar-refractivity contribution in [2.24, 2.45) is 5.73 Å². The molecule has 0 saturated heterocycles. The zero-order valence-corrected chi connectivity index (χ0v) is 10.9. The highest BCUT2D eigenvalue weighted by molar-refractivity contribution is 5.42. The van der Waals surface area contributed by atoms with Gasteiger partial charge in [0, 0.05) is 24.5 Å². The topological polar surface area (TPSA) is 65.3 Å². The van der Waals surface area contributed by atoms with Crippen molar-refractivity contribution in [1.82, 2.24) is 14.2 Å². The molecule has 0 radical (unpaired) electrons. The first-order chi connectivity index (χ1) is 10.1. The minimum absolute atomic E-state index is 0.0373. The molecule has 108 valence electrons. The van der Waals surface area contributed by atoms with E-state index in [4.69, 9.17) is 5.73 Å². The second-order valence-corrected chi connectivity index (χ2v) is 4.69. The summed E-state index contributed by atoms with van der Waals surface area (Å²) >= 11 is 0. The lowest BCUT2D eigenvalue weighted by molar-refractivity contribution is 0.514. The van der Waals surface area contributed by atoms with Crippen LogP contribution in [0.25, 0.3) is 5.52 Å². The van der Waals surface area contributed by atoms with Gasteiger partial charge in [-0.15, -0.1) is 0 Å². The molecular formula is C14H12F2N4O. The molecule has 21 heavy (non-hydrogen) atoms. The summed E-state index contributed by atoms with van der Waals surface area (Å²) in [6.45, 7) is 0.0425. The van der Waals surface area contributed by atoms with Crippen LogP contribution in [0.3, 0.4) is 0 Å². The van der Waals surface area contributed by atoms with Crippen LogP contribution in [-0.2, 0) is 6.54 Å². The van der Waals surface area contributed by atoms with Crippen LogP contribution in [0.2, 0.25) is 0 Å². The van der Waals surface area contributed by atoms with Crippen LogP contribution in [0.5, 0.6) is 0 Å². The van der Waals surface area contributed by atoms with Crippen molar-refractivity contribution >= 4 is 5.52 Å². The molecule has 1 unspecified atom stereocenters. The summed E-state index contributed by atoms with van der Waals surface area (Å²) in [7, 11) is 0. The molecule has 0 fully saturated rings. The fourth-order valence-electron chi connectivity index (χ4n) is 2.21. The molecule has 3 aromatic rings. The van der Waals surface area contributed by atoms with Crippen molar-refractivity contribution < 1.29 is 8.78 Å². The summed E-state index contributed by atoms with van der Waals surface area (Å²) in [6, 6.07) is 3.84. The minimum Gasteiger partial charge on any atom is -0.322 e. The van der Waals surface area contributed by atoms with Crippen molar-refractivity contribution in [3.05, 3.63) is 70.4 Å². The molecule has 7 heteroatoms. The number of rotatable bonds is 3. The maximum atomic E-state index is 13.7. The van der Waals surface area contributed by atoms with Gasteiger partial charge in [0.15, 0.2) is 0 Å². The van der Waals surface area contributed by atoms with Crippen LogP contribution in [0.4, 0.5) is 8.78 Å². The lowest BCUT2D eigenvalue weighted by Crippen LogP contribution is -2.28. The largest absolute Gasteiger partial charge is 0.322 e. The predicted octanol–water partition coefficient (Wildman–Crippen LogP) is 1.47. The van der Waals surface area contributed by atoms with Gasteiger partial charge in [0.05, 0.1) is 12.2 Å². The Hall–Kier alpha value is -2.54. The Bertz CT molecular complexity index is 856. The van der Waals surface area contributed by atoms with E-state index in [0.29, 0.717) is 5.52 Å². The van der Waals surface area contributed by atoms with E-state index >= 15 is 0 Å². The average molecular weight is 290 g/mol. The second kappa shape index (κ2) is 5.10. The molecule has 2 aromatic heterocycles. The van der Waals surface area contributed by atoms with Crippen molar-refractivity contribution in [2.75, 3.05) is 0 Å². The Morgan fingerprint density at radius 3 is 2.86 bits per heavy atom. The van der Waals surface area contributed by atoms with E-state index in [1.165, 1.54) is 21.5 Å². The monoisotopic (exact) mass is 290 g/mol. The van der Waals surface area contributed by atoms with Gasteiger partial charge < -0.3 is 10.3 Å². The van der Waals surface area contributed by atoms with Crippen LogP contribution in [-0.4, -0.2) is 14.2 Å². The Labute approximate surface area is 118 Å². The maximum Gasteiger partial charge on any atom is 0.276 e. The quantitative estimate of drug-likeness (QED) is 0.794. The lowest BCUT2D eigenvalue weighted by Gasteiger charge is -2.15. The van der Waals surface area contributed by atoms with Crippen molar-refractivity contribution in [2.45, 2.75) is 12.6 Å². The van der Waals surface area contributed by atoms with Gasteiger partial charge in [0.2, 0.25) is 0 Å². The van der Waals surface area contributed by atoms with E-state index in [9.17, 15) is 13.6 Å². The first-order valence-corrected chi connectivity index (χ1v) is 6.29. The highest BCUT2D eigenvalue weighted by Crippen LogP contribution is 2.17. The van der Waals surface area contributed by atoms with Crippen LogP contribution in [0, 0.1) is 11.6 Å². The molecular weight excluding hydrogens is 278 g/mol. The van der Waals surface area contributed by atoms with Gasteiger partial charge in [0.25, 0.3) is 5.56 Å². The summed E-state index contributed by atoms with van der Waals surface area (Å²) < 4.78 is 29.7.